The Labute approximate surface area is 249 Å². The Balaban J connectivity index is 1.43. The Hall–Kier alpha value is -3.50. The van der Waals surface area contributed by atoms with E-state index in [4.69, 9.17) is 4.74 Å². The molecule has 228 valence electrons. The Morgan fingerprint density at radius 3 is 1.83 bits per heavy atom. The standard InChI is InChI=1S/C32H47N7O3/c1-4-19-37(20-5-2)27-11-13-28(14-12-27)38(24-31(40)42-6-3)21-25-7-9-26(10-8-25)32(41)39(22-29-33-15-16-34-29)23-30-35-17-18-36-30/h7-10,15-18,27-28H,4-6,11-14,19-24H2,1-3H3,(H,33,34)(H,35,36). The minimum absolute atomic E-state index is 0.0974. The molecule has 2 N–H and O–H groups in total. The predicted octanol–water partition coefficient (Wildman–Crippen LogP) is 4.77. The second-order valence-electron chi connectivity index (χ2n) is 11.1. The molecule has 10 nitrogen and oxygen atoms in total. The first-order valence-corrected chi connectivity index (χ1v) is 15.5. The number of amides is 1. The monoisotopic (exact) mass is 577 g/mol. The van der Waals surface area contributed by atoms with Crippen LogP contribution in [-0.2, 0) is 29.2 Å². The van der Waals surface area contributed by atoms with Crippen molar-refractivity contribution in [1.29, 1.82) is 0 Å². The maximum atomic E-state index is 13.5. The molecule has 0 bridgehead atoms. The second-order valence-corrected chi connectivity index (χ2v) is 11.1. The normalized spacial score (nSPS) is 17.1. The van der Waals surface area contributed by atoms with Crippen molar-refractivity contribution in [2.75, 3.05) is 26.2 Å². The van der Waals surface area contributed by atoms with E-state index in [0.29, 0.717) is 55.5 Å². The topological polar surface area (TPSA) is 110 Å². The summed E-state index contributed by atoms with van der Waals surface area (Å²) in [5, 5.41) is 0. The molecule has 0 atom stereocenters. The van der Waals surface area contributed by atoms with Gasteiger partial charge in [0.15, 0.2) is 0 Å². The predicted molar refractivity (Wildman–Crippen MR) is 162 cm³/mol. The summed E-state index contributed by atoms with van der Waals surface area (Å²) in [6.07, 6.45) is 13.7. The van der Waals surface area contributed by atoms with Gasteiger partial charge >= 0.3 is 5.97 Å². The molecule has 0 radical (unpaired) electrons. The van der Waals surface area contributed by atoms with Crippen LogP contribution in [0.2, 0.25) is 0 Å². The van der Waals surface area contributed by atoms with Crippen LogP contribution in [0.15, 0.2) is 49.1 Å². The van der Waals surface area contributed by atoms with Crippen molar-refractivity contribution >= 4 is 11.9 Å². The highest BCUT2D eigenvalue weighted by atomic mass is 16.5. The van der Waals surface area contributed by atoms with E-state index >= 15 is 0 Å². The molecule has 2 heterocycles. The number of esters is 1. The highest BCUT2D eigenvalue weighted by Gasteiger charge is 2.30. The smallest absolute Gasteiger partial charge is 0.320 e. The van der Waals surface area contributed by atoms with Crippen LogP contribution in [0.4, 0.5) is 0 Å². The number of carbonyl (C=O) groups is 2. The molecule has 0 spiro atoms. The first-order valence-electron chi connectivity index (χ1n) is 15.5. The summed E-state index contributed by atoms with van der Waals surface area (Å²) in [7, 11) is 0. The van der Waals surface area contributed by atoms with Crippen molar-refractivity contribution < 1.29 is 14.3 Å². The molecular formula is C32H47N7O3. The lowest BCUT2D eigenvalue weighted by Crippen LogP contribution is -2.46. The van der Waals surface area contributed by atoms with Crippen molar-refractivity contribution in [3.8, 4) is 0 Å². The lowest BCUT2D eigenvalue weighted by molar-refractivity contribution is -0.145. The van der Waals surface area contributed by atoms with Crippen LogP contribution >= 0.6 is 0 Å². The average Bonchev–Trinajstić information content (AvgIpc) is 3.72. The number of carbonyl (C=O) groups excluding carboxylic acids is 2. The molecule has 2 aromatic heterocycles. The summed E-state index contributed by atoms with van der Waals surface area (Å²) in [6, 6.07) is 8.71. The molecule has 0 unspecified atom stereocenters. The third-order valence-corrected chi connectivity index (χ3v) is 8.02. The zero-order valence-corrected chi connectivity index (χ0v) is 25.4. The molecule has 1 aliphatic rings. The van der Waals surface area contributed by atoms with E-state index in [2.05, 4.69) is 43.6 Å². The first kappa shape index (κ1) is 31.4. The molecule has 4 rings (SSSR count). The fourth-order valence-electron chi connectivity index (χ4n) is 6.03. The largest absolute Gasteiger partial charge is 0.465 e. The fraction of sp³-hybridized carbons (Fsp3) is 0.562. The first-order chi connectivity index (χ1) is 20.5. The number of benzene rings is 1. The van der Waals surface area contributed by atoms with Crippen LogP contribution in [0, 0.1) is 0 Å². The van der Waals surface area contributed by atoms with Gasteiger partial charge in [0.2, 0.25) is 0 Å². The second kappa shape index (κ2) is 16.2. The van der Waals surface area contributed by atoms with Gasteiger partial charge in [0.05, 0.1) is 26.2 Å². The van der Waals surface area contributed by atoms with E-state index < -0.39 is 0 Å². The lowest BCUT2D eigenvalue weighted by Gasteiger charge is -2.40. The number of aromatic nitrogens is 4. The Kier molecular flexibility index (Phi) is 12.1. The molecule has 1 aliphatic carbocycles. The van der Waals surface area contributed by atoms with Gasteiger partial charge in [-0.05, 0) is 76.2 Å². The van der Waals surface area contributed by atoms with Gasteiger partial charge in [-0.1, -0.05) is 26.0 Å². The molecule has 1 amide bonds. The van der Waals surface area contributed by atoms with Crippen molar-refractivity contribution in [2.24, 2.45) is 0 Å². The van der Waals surface area contributed by atoms with E-state index in [1.54, 1.807) is 29.7 Å². The summed E-state index contributed by atoms with van der Waals surface area (Å²) in [5.41, 5.74) is 1.67. The zero-order valence-electron chi connectivity index (χ0n) is 25.4. The molecule has 1 saturated carbocycles. The van der Waals surface area contributed by atoms with Crippen LogP contribution in [0.3, 0.4) is 0 Å². The van der Waals surface area contributed by atoms with E-state index in [1.165, 1.54) is 12.8 Å². The SMILES string of the molecule is CCCN(CCC)C1CCC(N(CC(=O)OCC)Cc2ccc(C(=O)N(Cc3ncc[nH]3)Cc3ncc[nH]3)cc2)CC1. The van der Waals surface area contributed by atoms with Gasteiger partial charge in [-0.3, -0.25) is 14.5 Å². The molecular weight excluding hydrogens is 530 g/mol. The number of nitrogens with zero attached hydrogens (tertiary/aromatic N) is 5. The van der Waals surface area contributed by atoms with Crippen molar-refractivity contribution in [1.82, 2.24) is 34.6 Å². The van der Waals surface area contributed by atoms with Gasteiger partial charge in [0.1, 0.15) is 11.6 Å². The quantitative estimate of drug-likeness (QED) is 0.236. The Bertz CT molecular complexity index is 1150. The van der Waals surface area contributed by atoms with Gasteiger partial charge in [-0.25, -0.2) is 9.97 Å². The summed E-state index contributed by atoms with van der Waals surface area (Å²) in [6.45, 7) is 10.6. The Morgan fingerprint density at radius 1 is 0.810 bits per heavy atom. The van der Waals surface area contributed by atoms with Gasteiger partial charge in [-0.15, -0.1) is 0 Å². The number of H-pyrrole nitrogens is 2. The van der Waals surface area contributed by atoms with Crippen LogP contribution in [0.1, 0.15) is 86.9 Å². The van der Waals surface area contributed by atoms with Crippen molar-refractivity contribution in [3.63, 3.8) is 0 Å². The zero-order chi connectivity index (χ0) is 29.7. The minimum Gasteiger partial charge on any atom is -0.465 e. The summed E-state index contributed by atoms with van der Waals surface area (Å²) in [4.78, 5) is 47.5. The van der Waals surface area contributed by atoms with Crippen LogP contribution < -0.4 is 0 Å². The number of rotatable bonds is 16. The summed E-state index contributed by atoms with van der Waals surface area (Å²) < 4.78 is 5.33. The van der Waals surface area contributed by atoms with E-state index in [9.17, 15) is 9.59 Å². The highest BCUT2D eigenvalue weighted by Crippen LogP contribution is 2.28. The Morgan fingerprint density at radius 2 is 1.36 bits per heavy atom. The van der Waals surface area contributed by atoms with E-state index in [-0.39, 0.29) is 18.4 Å². The van der Waals surface area contributed by atoms with Gasteiger partial charge in [0.25, 0.3) is 5.91 Å². The highest BCUT2D eigenvalue weighted by molar-refractivity contribution is 5.94. The number of aromatic amines is 2. The molecule has 1 aromatic carbocycles. The summed E-state index contributed by atoms with van der Waals surface area (Å²) >= 11 is 0. The van der Waals surface area contributed by atoms with Crippen LogP contribution in [-0.4, -0.2) is 84.8 Å². The number of hydrogen-bond acceptors (Lipinski definition) is 7. The van der Waals surface area contributed by atoms with Crippen LogP contribution in [0.5, 0.6) is 0 Å². The number of imidazole rings is 2. The van der Waals surface area contributed by atoms with Crippen LogP contribution in [0.25, 0.3) is 0 Å². The third kappa shape index (κ3) is 9.00. The van der Waals surface area contributed by atoms with Crippen molar-refractivity contribution in [2.45, 2.75) is 91.0 Å². The lowest BCUT2D eigenvalue weighted by atomic mass is 9.88. The summed E-state index contributed by atoms with van der Waals surface area (Å²) in [5.74, 6) is 1.14. The molecule has 0 saturated heterocycles. The molecule has 0 aliphatic heterocycles. The maximum absolute atomic E-state index is 13.5. The maximum Gasteiger partial charge on any atom is 0.320 e. The van der Waals surface area contributed by atoms with Gasteiger partial charge in [-0.2, -0.15) is 0 Å². The van der Waals surface area contributed by atoms with Gasteiger partial charge < -0.3 is 24.5 Å². The number of ether oxygens (including phenoxy) is 1. The number of nitrogens with one attached hydrogen (secondary N) is 2. The molecule has 3 aromatic rings. The average molecular weight is 578 g/mol. The van der Waals surface area contributed by atoms with Gasteiger partial charge in [0, 0.05) is 49.0 Å². The molecule has 10 heteroatoms. The molecule has 1 fully saturated rings. The third-order valence-electron chi connectivity index (χ3n) is 8.02. The minimum atomic E-state index is -0.184. The van der Waals surface area contributed by atoms with E-state index in [0.717, 1.165) is 44.3 Å². The fourth-order valence-corrected chi connectivity index (χ4v) is 6.03. The van der Waals surface area contributed by atoms with E-state index in [1.807, 2.05) is 31.2 Å². The number of hydrogen-bond donors (Lipinski definition) is 2. The molecule has 42 heavy (non-hydrogen) atoms. The van der Waals surface area contributed by atoms with Crippen molar-refractivity contribution in [3.05, 3.63) is 71.8 Å².